The molecule has 6 nitrogen and oxygen atoms in total. The van der Waals surface area contributed by atoms with Crippen LogP contribution in [0.25, 0.3) is 11.5 Å². The van der Waals surface area contributed by atoms with Crippen LogP contribution < -0.4 is 5.48 Å². The Hall–Kier alpha value is -2.78. The predicted octanol–water partition coefficient (Wildman–Crippen LogP) is 3.29. The van der Waals surface area contributed by atoms with Crippen LogP contribution in [-0.2, 0) is 0 Å². The molecule has 0 spiro atoms. The summed E-state index contributed by atoms with van der Waals surface area (Å²) in [4.78, 5) is 10.8. The molecule has 0 aliphatic rings. The fraction of sp³-hybridized carbons (Fsp3) is 0. The number of aromatic nitrogens is 2. The molecule has 122 valence electrons. The molecule has 0 saturated heterocycles. The normalized spacial score (nSPS) is 10.6. The molecular formula is C15H9F2N3O3S. The number of carbonyl (C=O) groups is 1. The molecule has 2 N–H and O–H groups in total. The highest BCUT2D eigenvalue weighted by Gasteiger charge is 2.19. The van der Waals surface area contributed by atoms with Crippen molar-refractivity contribution in [2.75, 3.05) is 0 Å². The standard InChI is InChI=1S/C15H9F2N3O3S/c16-10-6-9(13(21)20-22)7-11(17)12(10)24-15-19-18-14(23-15)8-4-2-1-3-5-8/h1-7,22H,(H,20,21). The number of amides is 1. The van der Waals surface area contributed by atoms with Gasteiger partial charge in [0.25, 0.3) is 11.1 Å². The third-order valence-electron chi connectivity index (χ3n) is 2.98. The summed E-state index contributed by atoms with van der Waals surface area (Å²) in [5.41, 5.74) is 1.63. The summed E-state index contributed by atoms with van der Waals surface area (Å²) in [6.07, 6.45) is 0. The molecule has 1 heterocycles. The lowest BCUT2D eigenvalue weighted by molar-refractivity contribution is 0.0705. The molecule has 0 unspecified atom stereocenters. The number of benzene rings is 2. The molecule has 0 aliphatic heterocycles. The first-order valence-corrected chi connectivity index (χ1v) is 7.40. The average Bonchev–Trinajstić information content (AvgIpc) is 3.06. The van der Waals surface area contributed by atoms with Crippen LogP contribution in [0.4, 0.5) is 8.78 Å². The topological polar surface area (TPSA) is 88.2 Å². The van der Waals surface area contributed by atoms with E-state index in [1.54, 1.807) is 24.3 Å². The Morgan fingerprint density at radius 3 is 2.42 bits per heavy atom. The minimum absolute atomic E-state index is 0.0500. The minimum atomic E-state index is -1.02. The Bertz CT molecular complexity index is 864. The lowest BCUT2D eigenvalue weighted by atomic mass is 10.2. The Kier molecular flexibility index (Phi) is 4.54. The van der Waals surface area contributed by atoms with Crippen LogP contribution in [0.1, 0.15) is 10.4 Å². The minimum Gasteiger partial charge on any atom is -0.411 e. The summed E-state index contributed by atoms with van der Waals surface area (Å²) >= 11 is 0.600. The van der Waals surface area contributed by atoms with E-state index in [1.165, 1.54) is 5.48 Å². The van der Waals surface area contributed by atoms with Crippen LogP contribution in [0.5, 0.6) is 0 Å². The second kappa shape index (κ2) is 6.77. The number of nitrogens with one attached hydrogen (secondary N) is 1. The van der Waals surface area contributed by atoms with Gasteiger partial charge in [0.15, 0.2) is 0 Å². The predicted molar refractivity (Wildman–Crippen MR) is 79.5 cm³/mol. The molecule has 1 amide bonds. The summed E-state index contributed by atoms with van der Waals surface area (Å²) < 4.78 is 33.4. The van der Waals surface area contributed by atoms with Gasteiger partial charge in [-0.3, -0.25) is 10.0 Å². The summed E-state index contributed by atoms with van der Waals surface area (Å²) in [6, 6.07) is 10.5. The van der Waals surface area contributed by atoms with Crippen LogP contribution in [0.15, 0.2) is 57.0 Å². The van der Waals surface area contributed by atoms with E-state index >= 15 is 0 Å². The van der Waals surface area contributed by atoms with Gasteiger partial charge < -0.3 is 4.42 Å². The third-order valence-corrected chi connectivity index (χ3v) is 3.91. The number of hydroxylamine groups is 1. The van der Waals surface area contributed by atoms with Crippen LogP contribution in [0, 0.1) is 11.6 Å². The number of rotatable bonds is 4. The molecule has 9 heteroatoms. The summed E-state index contributed by atoms with van der Waals surface area (Å²) in [5, 5.41) is 16.0. The fourth-order valence-corrected chi connectivity index (χ4v) is 2.58. The SMILES string of the molecule is O=C(NO)c1cc(F)c(Sc2nnc(-c3ccccc3)o2)c(F)c1. The highest BCUT2D eigenvalue weighted by atomic mass is 32.2. The number of carbonyl (C=O) groups excluding carboxylic acids is 1. The first-order valence-electron chi connectivity index (χ1n) is 6.58. The molecule has 0 aliphatic carbocycles. The van der Waals surface area contributed by atoms with E-state index < -0.39 is 22.4 Å². The van der Waals surface area contributed by atoms with Crippen LogP contribution in [0.2, 0.25) is 0 Å². The number of hydrogen-bond donors (Lipinski definition) is 2. The second-order valence-electron chi connectivity index (χ2n) is 4.55. The van der Waals surface area contributed by atoms with Crippen molar-refractivity contribution in [1.29, 1.82) is 0 Å². The molecule has 0 saturated carbocycles. The molecule has 0 radical (unpaired) electrons. The average molecular weight is 349 g/mol. The van der Waals surface area contributed by atoms with Crippen molar-refractivity contribution >= 4 is 17.7 Å². The monoisotopic (exact) mass is 349 g/mol. The van der Waals surface area contributed by atoms with Crippen molar-refractivity contribution in [2.45, 2.75) is 10.1 Å². The molecule has 0 fully saturated rings. The van der Waals surface area contributed by atoms with E-state index in [0.717, 1.165) is 12.1 Å². The fourth-order valence-electron chi connectivity index (χ4n) is 1.89. The highest BCUT2D eigenvalue weighted by molar-refractivity contribution is 7.99. The Labute approximate surface area is 138 Å². The van der Waals surface area contributed by atoms with E-state index in [4.69, 9.17) is 9.62 Å². The highest BCUT2D eigenvalue weighted by Crippen LogP contribution is 2.33. The lowest BCUT2D eigenvalue weighted by Gasteiger charge is -2.04. The van der Waals surface area contributed by atoms with Gasteiger partial charge in [-0.25, -0.2) is 14.3 Å². The van der Waals surface area contributed by atoms with Crippen LogP contribution in [0.3, 0.4) is 0 Å². The smallest absolute Gasteiger partial charge is 0.281 e. The van der Waals surface area contributed by atoms with E-state index in [-0.39, 0.29) is 16.7 Å². The molecule has 1 aromatic heterocycles. The van der Waals surface area contributed by atoms with Crippen molar-refractivity contribution in [3.05, 3.63) is 59.7 Å². The maximum absolute atomic E-state index is 14.0. The molecule has 3 aromatic rings. The van der Waals surface area contributed by atoms with Gasteiger partial charge in [-0.1, -0.05) is 18.2 Å². The van der Waals surface area contributed by atoms with Gasteiger partial charge in [-0.15, -0.1) is 10.2 Å². The Morgan fingerprint density at radius 1 is 1.12 bits per heavy atom. The van der Waals surface area contributed by atoms with Crippen molar-refractivity contribution in [1.82, 2.24) is 15.7 Å². The summed E-state index contributed by atoms with van der Waals surface area (Å²) in [6.45, 7) is 0. The lowest BCUT2D eigenvalue weighted by Crippen LogP contribution is -2.19. The van der Waals surface area contributed by atoms with Gasteiger partial charge in [-0.05, 0) is 36.0 Å². The zero-order valence-electron chi connectivity index (χ0n) is 11.9. The number of nitrogens with zero attached hydrogens (tertiary/aromatic N) is 2. The first-order chi connectivity index (χ1) is 11.6. The van der Waals surface area contributed by atoms with Crippen LogP contribution in [-0.4, -0.2) is 21.3 Å². The van der Waals surface area contributed by atoms with Gasteiger partial charge in [0.05, 0.1) is 4.90 Å². The summed E-state index contributed by atoms with van der Waals surface area (Å²) in [7, 11) is 0. The molecule has 0 bridgehead atoms. The quantitative estimate of drug-likeness (QED) is 0.555. The molecule has 2 aromatic carbocycles. The maximum Gasteiger partial charge on any atom is 0.281 e. The van der Waals surface area contributed by atoms with E-state index in [9.17, 15) is 13.6 Å². The van der Waals surface area contributed by atoms with E-state index in [1.807, 2.05) is 6.07 Å². The zero-order chi connectivity index (χ0) is 17.1. The van der Waals surface area contributed by atoms with Gasteiger partial charge in [0.1, 0.15) is 11.6 Å². The first kappa shape index (κ1) is 16.1. The van der Waals surface area contributed by atoms with Gasteiger partial charge >= 0.3 is 0 Å². The molecule has 3 rings (SSSR count). The Morgan fingerprint density at radius 2 is 1.79 bits per heavy atom. The summed E-state index contributed by atoms with van der Waals surface area (Å²) in [5.74, 6) is -2.78. The Balaban J connectivity index is 1.87. The molecule has 0 atom stereocenters. The van der Waals surface area contributed by atoms with Gasteiger partial charge in [0, 0.05) is 11.1 Å². The number of hydrogen-bond acceptors (Lipinski definition) is 6. The van der Waals surface area contributed by atoms with Crippen molar-refractivity contribution in [2.24, 2.45) is 0 Å². The van der Waals surface area contributed by atoms with Gasteiger partial charge in [-0.2, -0.15) is 0 Å². The van der Waals surface area contributed by atoms with E-state index in [2.05, 4.69) is 10.2 Å². The second-order valence-corrected chi connectivity index (χ2v) is 5.51. The maximum atomic E-state index is 14.0. The van der Waals surface area contributed by atoms with Crippen molar-refractivity contribution in [3.63, 3.8) is 0 Å². The zero-order valence-corrected chi connectivity index (χ0v) is 12.7. The van der Waals surface area contributed by atoms with Gasteiger partial charge in [0.2, 0.25) is 5.89 Å². The van der Waals surface area contributed by atoms with Crippen LogP contribution >= 0.6 is 11.8 Å². The molecular weight excluding hydrogens is 340 g/mol. The largest absolute Gasteiger partial charge is 0.411 e. The number of halogens is 2. The molecule has 24 heavy (non-hydrogen) atoms. The van der Waals surface area contributed by atoms with E-state index in [0.29, 0.717) is 17.3 Å². The van der Waals surface area contributed by atoms with Crippen molar-refractivity contribution < 1.29 is 23.2 Å². The third kappa shape index (κ3) is 3.26. The van der Waals surface area contributed by atoms with Crippen molar-refractivity contribution in [3.8, 4) is 11.5 Å².